The van der Waals surface area contributed by atoms with Crippen molar-refractivity contribution in [3.63, 3.8) is 0 Å². The summed E-state index contributed by atoms with van der Waals surface area (Å²) in [6.07, 6.45) is 0. The molecule has 0 atom stereocenters. The summed E-state index contributed by atoms with van der Waals surface area (Å²) in [7, 11) is -4.39. The van der Waals surface area contributed by atoms with Crippen molar-refractivity contribution in [2.45, 2.75) is 15.5 Å². The molecule has 0 aliphatic heterocycles. The number of carbonyl (C=O) groups is 1. The Labute approximate surface area is 257 Å². The summed E-state index contributed by atoms with van der Waals surface area (Å²) >= 11 is 1.24. The summed E-state index contributed by atoms with van der Waals surface area (Å²) in [5.74, 6) is -0.919. The Morgan fingerprint density at radius 2 is 1.30 bits per heavy atom. The van der Waals surface area contributed by atoms with Gasteiger partial charge in [0, 0.05) is 33.6 Å². The number of benzene rings is 6. The lowest BCUT2D eigenvalue weighted by atomic mass is 10.1. The molecule has 44 heavy (non-hydrogen) atoms. The predicted molar refractivity (Wildman–Crippen MR) is 173 cm³/mol. The van der Waals surface area contributed by atoms with E-state index in [9.17, 15) is 28.4 Å². The maximum absolute atomic E-state index is 14.8. The van der Waals surface area contributed by atoms with E-state index in [0.717, 1.165) is 16.3 Å². The van der Waals surface area contributed by atoms with Gasteiger partial charge in [0.15, 0.2) is 0 Å². The van der Waals surface area contributed by atoms with Gasteiger partial charge in [-0.25, -0.2) is 17.5 Å². The minimum Gasteiger partial charge on any atom is -0.478 e. The van der Waals surface area contributed by atoms with Crippen molar-refractivity contribution in [3.05, 3.63) is 149 Å². The number of nitrogens with zero attached hydrogens (tertiary/aromatic N) is 2. The zero-order valence-electron chi connectivity index (χ0n) is 23.0. The van der Waals surface area contributed by atoms with Crippen molar-refractivity contribution >= 4 is 66.4 Å². The van der Waals surface area contributed by atoms with Crippen LogP contribution in [0.5, 0.6) is 0 Å². The smallest absolute Gasteiger partial charge is 0.335 e. The number of nitro benzene ring substituents is 1. The van der Waals surface area contributed by atoms with E-state index < -0.39 is 20.9 Å². The van der Waals surface area contributed by atoms with Crippen LogP contribution in [0, 0.1) is 10.1 Å². The molecule has 0 saturated heterocycles. The SMILES string of the molecule is O=C(O)c1cc(SCc2ccc([N+](=O)[O-])cc2)cc(S(=O)(=O)N(c2cccc3ccccc23)c2cccc3ccccc23)c1. The van der Waals surface area contributed by atoms with Gasteiger partial charge in [-0.1, -0.05) is 84.9 Å². The Balaban J connectivity index is 1.50. The first-order valence-corrected chi connectivity index (χ1v) is 15.9. The molecule has 6 aromatic carbocycles. The molecule has 0 unspecified atom stereocenters. The lowest BCUT2D eigenvalue weighted by molar-refractivity contribution is -0.384. The van der Waals surface area contributed by atoms with Crippen LogP contribution in [0.25, 0.3) is 21.5 Å². The summed E-state index contributed by atoms with van der Waals surface area (Å²) in [5.41, 5.74) is 1.41. The number of fused-ring (bicyclic) bond motifs is 2. The summed E-state index contributed by atoms with van der Waals surface area (Å²) in [6.45, 7) is 0. The second kappa shape index (κ2) is 11.8. The molecule has 1 N–H and O–H groups in total. The number of thioether (sulfide) groups is 1. The molecule has 0 radical (unpaired) electrons. The number of carboxylic acids is 1. The van der Waals surface area contributed by atoms with Crippen LogP contribution in [0.3, 0.4) is 0 Å². The molecule has 6 rings (SSSR count). The van der Waals surface area contributed by atoms with Crippen LogP contribution in [0.2, 0.25) is 0 Å². The summed E-state index contributed by atoms with van der Waals surface area (Å²) in [6, 6.07) is 36.0. The van der Waals surface area contributed by atoms with Crippen LogP contribution in [0.1, 0.15) is 15.9 Å². The first-order chi connectivity index (χ1) is 21.2. The minimum atomic E-state index is -4.39. The average Bonchev–Trinajstić information content (AvgIpc) is 3.04. The second-order valence-corrected chi connectivity index (χ2v) is 12.8. The van der Waals surface area contributed by atoms with E-state index in [1.807, 2.05) is 60.7 Å². The number of rotatable bonds is 9. The lowest BCUT2D eigenvalue weighted by Gasteiger charge is -2.27. The number of carboxylic acid groups (broad SMARTS) is 1. The quantitative estimate of drug-likeness (QED) is 0.0979. The Kier molecular flexibility index (Phi) is 7.77. The number of non-ortho nitro benzene ring substituents is 1. The molecule has 0 aliphatic carbocycles. The molecular formula is C34H24N2O6S2. The fourth-order valence-corrected chi connectivity index (χ4v) is 7.69. The van der Waals surface area contributed by atoms with Crippen molar-refractivity contribution in [2.24, 2.45) is 0 Å². The van der Waals surface area contributed by atoms with Gasteiger partial charge in [-0.3, -0.25) is 10.1 Å². The van der Waals surface area contributed by atoms with E-state index in [1.54, 1.807) is 36.4 Å². The normalized spacial score (nSPS) is 11.5. The van der Waals surface area contributed by atoms with E-state index in [4.69, 9.17) is 0 Å². The van der Waals surface area contributed by atoms with Gasteiger partial charge >= 0.3 is 5.97 Å². The van der Waals surface area contributed by atoms with Crippen molar-refractivity contribution in [1.82, 2.24) is 0 Å². The lowest BCUT2D eigenvalue weighted by Crippen LogP contribution is -2.27. The third kappa shape index (κ3) is 5.60. The summed E-state index contributed by atoms with van der Waals surface area (Å²) in [5, 5.41) is 24.1. The molecule has 218 valence electrons. The third-order valence-corrected chi connectivity index (χ3v) is 9.94. The van der Waals surface area contributed by atoms with Crippen molar-refractivity contribution < 1.29 is 23.2 Å². The van der Waals surface area contributed by atoms with Gasteiger partial charge in [0.1, 0.15) is 0 Å². The van der Waals surface area contributed by atoms with Gasteiger partial charge in [-0.15, -0.1) is 11.8 Å². The second-order valence-electron chi connectivity index (χ2n) is 9.98. The van der Waals surface area contributed by atoms with Crippen LogP contribution in [-0.2, 0) is 15.8 Å². The predicted octanol–water partition coefficient (Wildman–Crippen LogP) is 8.42. The van der Waals surface area contributed by atoms with E-state index in [0.29, 0.717) is 32.8 Å². The van der Waals surface area contributed by atoms with Gasteiger partial charge in [0.05, 0.1) is 26.8 Å². The number of hydrogen-bond donors (Lipinski definition) is 1. The highest BCUT2D eigenvalue weighted by Gasteiger charge is 2.30. The van der Waals surface area contributed by atoms with E-state index in [-0.39, 0.29) is 16.1 Å². The number of sulfonamides is 1. The van der Waals surface area contributed by atoms with Crippen molar-refractivity contribution in [2.75, 3.05) is 4.31 Å². The molecule has 0 saturated carbocycles. The molecule has 0 spiro atoms. The van der Waals surface area contributed by atoms with Crippen LogP contribution in [-0.4, -0.2) is 24.4 Å². The standard InChI is InChI=1S/C34H24N2O6S2/c37-34(38)26-19-28(43-22-23-15-17-27(18-16-23)36(39)40)21-29(20-26)44(41,42)35(32-13-5-9-24-7-1-3-11-30(24)32)33-14-6-10-25-8-2-4-12-31(25)33/h1-21H,22H2,(H,37,38). The molecule has 0 amide bonds. The molecule has 0 aliphatic rings. The molecule has 0 fully saturated rings. The molecule has 0 heterocycles. The van der Waals surface area contributed by atoms with E-state index >= 15 is 0 Å². The van der Waals surface area contributed by atoms with Gasteiger partial charge in [0.25, 0.3) is 15.7 Å². The van der Waals surface area contributed by atoms with Crippen LogP contribution in [0.15, 0.2) is 137 Å². The topological polar surface area (TPSA) is 118 Å². The molecule has 8 nitrogen and oxygen atoms in total. The summed E-state index contributed by atoms with van der Waals surface area (Å²) < 4.78 is 30.9. The van der Waals surface area contributed by atoms with Gasteiger partial charge in [-0.05, 0) is 46.7 Å². The maximum atomic E-state index is 14.8. The average molecular weight is 621 g/mol. The Bertz CT molecular complexity index is 2080. The largest absolute Gasteiger partial charge is 0.478 e. The number of nitro groups is 1. The van der Waals surface area contributed by atoms with Gasteiger partial charge in [-0.2, -0.15) is 0 Å². The fraction of sp³-hybridized carbons (Fsp3) is 0.0294. The van der Waals surface area contributed by atoms with Gasteiger partial charge in [0.2, 0.25) is 0 Å². The zero-order chi connectivity index (χ0) is 30.8. The number of hydrogen-bond acceptors (Lipinski definition) is 6. The molecule has 6 aromatic rings. The van der Waals surface area contributed by atoms with Crippen LogP contribution in [0.4, 0.5) is 17.1 Å². The Hall–Kier alpha value is -5.19. The monoisotopic (exact) mass is 620 g/mol. The minimum absolute atomic E-state index is 0.0398. The number of aromatic carboxylic acids is 1. The van der Waals surface area contributed by atoms with Crippen LogP contribution >= 0.6 is 11.8 Å². The Morgan fingerprint density at radius 1 is 0.750 bits per heavy atom. The highest BCUT2D eigenvalue weighted by atomic mass is 32.2. The molecule has 0 bridgehead atoms. The van der Waals surface area contributed by atoms with Gasteiger partial charge < -0.3 is 5.11 Å². The summed E-state index contributed by atoms with van der Waals surface area (Å²) in [4.78, 5) is 23.0. The maximum Gasteiger partial charge on any atom is 0.335 e. The van der Waals surface area contributed by atoms with E-state index in [1.165, 1.54) is 46.4 Å². The molecule has 10 heteroatoms. The third-order valence-electron chi connectivity index (χ3n) is 7.19. The molecular weight excluding hydrogens is 597 g/mol. The first kappa shape index (κ1) is 28.9. The highest BCUT2D eigenvalue weighted by molar-refractivity contribution is 7.98. The highest BCUT2D eigenvalue weighted by Crippen LogP contribution is 2.41. The van der Waals surface area contributed by atoms with Crippen LogP contribution < -0.4 is 4.31 Å². The first-order valence-electron chi connectivity index (χ1n) is 13.5. The number of anilines is 2. The Morgan fingerprint density at radius 3 is 1.84 bits per heavy atom. The van der Waals surface area contributed by atoms with Crippen molar-refractivity contribution in [3.8, 4) is 0 Å². The van der Waals surface area contributed by atoms with E-state index in [2.05, 4.69) is 0 Å². The zero-order valence-corrected chi connectivity index (χ0v) is 24.7. The molecule has 0 aromatic heterocycles. The van der Waals surface area contributed by atoms with Crippen molar-refractivity contribution in [1.29, 1.82) is 0 Å². The fourth-order valence-electron chi connectivity index (χ4n) is 5.07.